The third-order valence-electron chi connectivity index (χ3n) is 4.09. The van der Waals surface area contributed by atoms with Gasteiger partial charge < -0.3 is 10.2 Å². The van der Waals surface area contributed by atoms with E-state index in [-0.39, 0.29) is 31.0 Å². The molecule has 7 heteroatoms. The van der Waals surface area contributed by atoms with Crippen molar-refractivity contribution in [2.75, 3.05) is 11.4 Å². The molecule has 1 N–H and O–H groups in total. The van der Waals surface area contributed by atoms with Crippen molar-refractivity contribution in [1.29, 1.82) is 0 Å². The Kier molecular flexibility index (Phi) is 5.02. The first kappa shape index (κ1) is 17.0. The van der Waals surface area contributed by atoms with Gasteiger partial charge in [-0.2, -0.15) is 0 Å². The van der Waals surface area contributed by atoms with Gasteiger partial charge in [-0.3, -0.25) is 14.6 Å². The van der Waals surface area contributed by atoms with Crippen molar-refractivity contribution in [2.45, 2.75) is 25.3 Å². The van der Waals surface area contributed by atoms with Gasteiger partial charge in [0, 0.05) is 31.8 Å². The van der Waals surface area contributed by atoms with Gasteiger partial charge in [0.25, 0.3) is 0 Å². The fourth-order valence-corrected chi connectivity index (χ4v) is 2.87. The minimum atomic E-state index is -0.794. The number of carbonyl (C=O) groups excluding carboxylic acids is 2. The molecule has 2 aromatic rings. The molecule has 1 unspecified atom stereocenters. The van der Waals surface area contributed by atoms with Crippen LogP contribution in [0.25, 0.3) is 0 Å². The first-order valence-corrected chi connectivity index (χ1v) is 7.97. The zero-order valence-corrected chi connectivity index (χ0v) is 13.4. The van der Waals surface area contributed by atoms with Crippen LogP contribution < -0.4 is 10.2 Å². The highest BCUT2D eigenvalue weighted by atomic mass is 19.1. The maximum atomic E-state index is 13.8. The molecule has 1 saturated heterocycles. The molecule has 1 atom stereocenters. The van der Waals surface area contributed by atoms with Gasteiger partial charge in [-0.05, 0) is 36.2 Å². The summed E-state index contributed by atoms with van der Waals surface area (Å²) in [7, 11) is 0. The lowest BCUT2D eigenvalue weighted by atomic mass is 10.1. The van der Waals surface area contributed by atoms with Crippen LogP contribution in [-0.4, -0.2) is 29.4 Å². The summed E-state index contributed by atoms with van der Waals surface area (Å²) in [5, 5.41) is 2.76. The summed E-state index contributed by atoms with van der Waals surface area (Å²) in [6.45, 7) is 0.0533. The molecule has 130 valence electrons. The topological polar surface area (TPSA) is 62.3 Å². The molecule has 1 aliphatic rings. The zero-order valence-electron chi connectivity index (χ0n) is 13.4. The Morgan fingerprint density at radius 1 is 1.20 bits per heavy atom. The lowest BCUT2D eigenvalue weighted by molar-refractivity contribution is -0.121. The van der Waals surface area contributed by atoms with Gasteiger partial charge >= 0.3 is 0 Å². The quantitative estimate of drug-likeness (QED) is 0.904. The SMILES string of the molecule is O=C(CCc1ccncc1)NC1CC(=O)N(c2c(F)cccc2F)C1. The molecule has 0 saturated carbocycles. The van der Waals surface area contributed by atoms with Crippen LogP contribution in [0.15, 0.2) is 42.7 Å². The summed E-state index contributed by atoms with van der Waals surface area (Å²) in [4.78, 5) is 29.1. The van der Waals surface area contributed by atoms with E-state index in [4.69, 9.17) is 0 Å². The highest BCUT2D eigenvalue weighted by Crippen LogP contribution is 2.27. The summed E-state index contributed by atoms with van der Waals surface area (Å²) >= 11 is 0. The highest BCUT2D eigenvalue weighted by Gasteiger charge is 2.34. The van der Waals surface area contributed by atoms with E-state index in [1.165, 1.54) is 6.07 Å². The summed E-state index contributed by atoms with van der Waals surface area (Å²) in [6, 6.07) is 6.65. The monoisotopic (exact) mass is 345 g/mol. The van der Waals surface area contributed by atoms with Crippen LogP contribution in [0.4, 0.5) is 14.5 Å². The highest BCUT2D eigenvalue weighted by molar-refractivity contribution is 5.97. The zero-order chi connectivity index (χ0) is 17.8. The minimum Gasteiger partial charge on any atom is -0.351 e. The predicted octanol–water partition coefficient (Wildman–Crippen LogP) is 2.21. The number of halogens is 2. The Balaban J connectivity index is 1.58. The first-order chi connectivity index (χ1) is 12.0. The molecule has 1 aliphatic heterocycles. The maximum absolute atomic E-state index is 13.8. The molecule has 0 radical (unpaired) electrons. The number of pyridine rings is 1. The molecule has 25 heavy (non-hydrogen) atoms. The average Bonchev–Trinajstić information content (AvgIpc) is 2.94. The number of carbonyl (C=O) groups is 2. The van der Waals surface area contributed by atoms with Gasteiger partial charge in [0.2, 0.25) is 11.8 Å². The molecule has 0 aliphatic carbocycles. The number of anilines is 1. The smallest absolute Gasteiger partial charge is 0.229 e. The van der Waals surface area contributed by atoms with Crippen LogP contribution in [0.1, 0.15) is 18.4 Å². The van der Waals surface area contributed by atoms with Crippen molar-refractivity contribution >= 4 is 17.5 Å². The van der Waals surface area contributed by atoms with E-state index in [0.29, 0.717) is 6.42 Å². The van der Waals surface area contributed by atoms with Crippen LogP contribution in [0, 0.1) is 11.6 Å². The van der Waals surface area contributed by atoms with E-state index in [9.17, 15) is 18.4 Å². The number of nitrogens with one attached hydrogen (secondary N) is 1. The van der Waals surface area contributed by atoms with Crippen LogP contribution in [0.5, 0.6) is 0 Å². The number of rotatable bonds is 5. The van der Waals surface area contributed by atoms with Crippen molar-refractivity contribution in [1.82, 2.24) is 10.3 Å². The van der Waals surface area contributed by atoms with E-state index >= 15 is 0 Å². The average molecular weight is 345 g/mol. The fraction of sp³-hybridized carbons (Fsp3) is 0.278. The van der Waals surface area contributed by atoms with E-state index in [2.05, 4.69) is 10.3 Å². The second kappa shape index (κ2) is 7.38. The Morgan fingerprint density at radius 2 is 1.88 bits per heavy atom. The third kappa shape index (κ3) is 3.99. The molecule has 1 aromatic carbocycles. The minimum absolute atomic E-state index is 0.0226. The number of hydrogen-bond donors (Lipinski definition) is 1. The Labute approximate surface area is 143 Å². The fourth-order valence-electron chi connectivity index (χ4n) is 2.87. The summed E-state index contributed by atoms with van der Waals surface area (Å²) < 4.78 is 27.7. The van der Waals surface area contributed by atoms with Crippen LogP contribution >= 0.6 is 0 Å². The van der Waals surface area contributed by atoms with E-state index in [1.54, 1.807) is 12.4 Å². The second-order valence-electron chi connectivity index (χ2n) is 5.90. The van der Waals surface area contributed by atoms with Gasteiger partial charge in [0.15, 0.2) is 0 Å². The van der Waals surface area contributed by atoms with Gasteiger partial charge in [-0.15, -0.1) is 0 Å². The molecule has 1 fully saturated rings. The van der Waals surface area contributed by atoms with Gasteiger partial charge in [-0.1, -0.05) is 6.07 Å². The predicted molar refractivity (Wildman–Crippen MR) is 87.8 cm³/mol. The third-order valence-corrected chi connectivity index (χ3v) is 4.09. The van der Waals surface area contributed by atoms with E-state index in [1.807, 2.05) is 12.1 Å². The van der Waals surface area contributed by atoms with Crippen LogP contribution in [-0.2, 0) is 16.0 Å². The molecule has 3 rings (SSSR count). The number of para-hydroxylation sites is 1. The first-order valence-electron chi connectivity index (χ1n) is 7.97. The van der Waals surface area contributed by atoms with Crippen molar-refractivity contribution in [3.05, 3.63) is 59.9 Å². The molecule has 0 spiro atoms. The normalized spacial score (nSPS) is 17.0. The standard InChI is InChI=1S/C18H17F2N3O2/c19-14-2-1-3-15(20)18(14)23-11-13(10-17(23)25)22-16(24)5-4-12-6-8-21-9-7-12/h1-3,6-9,13H,4-5,10-11H2,(H,22,24). The molecule has 2 heterocycles. The largest absolute Gasteiger partial charge is 0.351 e. The van der Waals surface area contributed by atoms with E-state index < -0.39 is 23.6 Å². The van der Waals surface area contributed by atoms with Gasteiger partial charge in [0.1, 0.15) is 17.3 Å². The van der Waals surface area contributed by atoms with Crippen LogP contribution in [0.3, 0.4) is 0 Å². The van der Waals surface area contributed by atoms with Crippen molar-refractivity contribution in [2.24, 2.45) is 0 Å². The second-order valence-corrected chi connectivity index (χ2v) is 5.90. The van der Waals surface area contributed by atoms with Gasteiger partial charge in [0.05, 0.1) is 6.04 Å². The molecule has 0 bridgehead atoms. The van der Waals surface area contributed by atoms with Crippen LogP contribution in [0.2, 0.25) is 0 Å². The lowest BCUT2D eigenvalue weighted by Gasteiger charge is -2.18. The van der Waals surface area contributed by atoms with Crippen molar-refractivity contribution < 1.29 is 18.4 Å². The number of benzene rings is 1. The summed E-state index contributed by atoms with van der Waals surface area (Å²) in [6.07, 6.45) is 4.16. The molecule has 1 aromatic heterocycles. The van der Waals surface area contributed by atoms with E-state index in [0.717, 1.165) is 22.6 Å². The number of nitrogens with zero attached hydrogens (tertiary/aromatic N) is 2. The number of hydrogen-bond acceptors (Lipinski definition) is 3. The molecular weight excluding hydrogens is 328 g/mol. The lowest BCUT2D eigenvalue weighted by Crippen LogP contribution is -2.37. The number of amides is 2. The molecular formula is C18H17F2N3O2. The molecule has 5 nitrogen and oxygen atoms in total. The molecule has 2 amide bonds. The number of aryl methyl sites for hydroxylation is 1. The van der Waals surface area contributed by atoms with Gasteiger partial charge in [-0.25, -0.2) is 8.78 Å². The maximum Gasteiger partial charge on any atom is 0.229 e. The Hall–Kier alpha value is -2.83. The Bertz CT molecular complexity index is 763. The Morgan fingerprint density at radius 3 is 2.56 bits per heavy atom. The van der Waals surface area contributed by atoms with Crippen molar-refractivity contribution in [3.8, 4) is 0 Å². The number of aromatic nitrogens is 1. The van der Waals surface area contributed by atoms with Crippen molar-refractivity contribution in [3.63, 3.8) is 0 Å². The summed E-state index contributed by atoms with van der Waals surface area (Å²) in [5.41, 5.74) is 0.628. The summed E-state index contributed by atoms with van der Waals surface area (Å²) in [5.74, 6) is -2.20.